The molecule has 0 aromatic heterocycles. The van der Waals surface area contributed by atoms with Gasteiger partial charge < -0.3 is 5.32 Å². The zero-order valence-corrected chi connectivity index (χ0v) is 9.79. The van der Waals surface area contributed by atoms with Gasteiger partial charge in [0.15, 0.2) is 0 Å². The van der Waals surface area contributed by atoms with E-state index in [0.717, 1.165) is 18.4 Å². The Kier molecular flexibility index (Phi) is 3.42. The molecule has 15 heavy (non-hydrogen) atoms. The first-order valence-electron chi connectivity index (χ1n) is 6.09. The highest BCUT2D eigenvalue weighted by molar-refractivity contribution is 5.30. The monoisotopic (exact) mass is 203 g/mol. The molecule has 1 aliphatic heterocycles. The van der Waals surface area contributed by atoms with Gasteiger partial charge in [-0.1, -0.05) is 37.6 Å². The molecule has 1 aromatic rings. The molecule has 2 unspecified atom stereocenters. The second-order valence-electron chi connectivity index (χ2n) is 4.67. The largest absolute Gasteiger partial charge is 0.316 e. The predicted octanol–water partition coefficient (Wildman–Crippen LogP) is 3.10. The fourth-order valence-corrected chi connectivity index (χ4v) is 2.77. The van der Waals surface area contributed by atoms with E-state index in [-0.39, 0.29) is 0 Å². The molecule has 1 saturated heterocycles. The first-order valence-corrected chi connectivity index (χ1v) is 6.09. The fourth-order valence-electron chi connectivity index (χ4n) is 2.77. The van der Waals surface area contributed by atoms with Crippen molar-refractivity contribution in [3.63, 3.8) is 0 Å². The summed E-state index contributed by atoms with van der Waals surface area (Å²) < 4.78 is 0. The molecule has 1 N–H and O–H groups in total. The van der Waals surface area contributed by atoms with Crippen LogP contribution in [-0.2, 0) is 0 Å². The molecule has 2 atom stereocenters. The van der Waals surface area contributed by atoms with E-state index in [1.54, 1.807) is 5.56 Å². The normalized spacial score (nSPS) is 25.7. The van der Waals surface area contributed by atoms with Crippen LogP contribution in [0.3, 0.4) is 0 Å². The van der Waals surface area contributed by atoms with E-state index in [9.17, 15) is 0 Å². The Morgan fingerprint density at radius 3 is 2.80 bits per heavy atom. The van der Waals surface area contributed by atoms with E-state index in [1.807, 2.05) is 0 Å². The summed E-state index contributed by atoms with van der Waals surface area (Å²) in [4.78, 5) is 0. The van der Waals surface area contributed by atoms with E-state index in [0.29, 0.717) is 0 Å². The van der Waals surface area contributed by atoms with Gasteiger partial charge in [-0.2, -0.15) is 0 Å². The maximum atomic E-state index is 3.53. The molecule has 0 saturated carbocycles. The van der Waals surface area contributed by atoms with Crippen LogP contribution >= 0.6 is 0 Å². The lowest BCUT2D eigenvalue weighted by Crippen LogP contribution is -2.11. The molecule has 0 aliphatic carbocycles. The van der Waals surface area contributed by atoms with Gasteiger partial charge in [0.25, 0.3) is 0 Å². The van der Waals surface area contributed by atoms with Crippen molar-refractivity contribution in [3.05, 3.63) is 35.4 Å². The molecule has 2 rings (SSSR count). The van der Waals surface area contributed by atoms with Crippen LogP contribution in [-0.4, -0.2) is 13.1 Å². The van der Waals surface area contributed by atoms with E-state index in [2.05, 4.69) is 43.4 Å². The minimum Gasteiger partial charge on any atom is -0.316 e. The number of benzene rings is 1. The minimum absolute atomic E-state index is 0.742. The third-order valence-corrected chi connectivity index (χ3v) is 3.59. The molecule has 1 aliphatic rings. The van der Waals surface area contributed by atoms with Crippen LogP contribution in [0.15, 0.2) is 24.3 Å². The van der Waals surface area contributed by atoms with Crippen LogP contribution in [0, 0.1) is 12.8 Å². The molecule has 1 heterocycles. The average Bonchev–Trinajstić information content (AvgIpc) is 2.67. The summed E-state index contributed by atoms with van der Waals surface area (Å²) >= 11 is 0. The Bertz CT molecular complexity index is 319. The summed E-state index contributed by atoms with van der Waals surface area (Å²) in [5.74, 6) is 1.59. The third-order valence-electron chi connectivity index (χ3n) is 3.59. The second kappa shape index (κ2) is 4.80. The molecule has 82 valence electrons. The van der Waals surface area contributed by atoms with E-state index < -0.39 is 0 Å². The van der Waals surface area contributed by atoms with Crippen molar-refractivity contribution in [2.24, 2.45) is 5.92 Å². The molecule has 0 radical (unpaired) electrons. The SMILES string of the molecule is CCCC1CNCC1c1ccccc1C. The molecule has 0 amide bonds. The van der Waals surface area contributed by atoms with Crippen LogP contribution in [0.1, 0.15) is 36.8 Å². The highest BCUT2D eigenvalue weighted by atomic mass is 14.9. The number of nitrogens with one attached hydrogen (secondary N) is 1. The molecule has 0 bridgehead atoms. The van der Waals surface area contributed by atoms with E-state index in [1.165, 1.54) is 24.9 Å². The van der Waals surface area contributed by atoms with Gasteiger partial charge in [0.05, 0.1) is 0 Å². The lowest BCUT2D eigenvalue weighted by atomic mass is 9.84. The number of hydrogen-bond acceptors (Lipinski definition) is 1. The van der Waals surface area contributed by atoms with Crippen molar-refractivity contribution in [1.29, 1.82) is 0 Å². The standard InChI is InChI=1S/C14H21N/c1-3-6-12-9-15-10-14(12)13-8-5-4-7-11(13)2/h4-5,7-8,12,14-15H,3,6,9-10H2,1-2H3. The molecule has 1 fully saturated rings. The maximum Gasteiger partial charge on any atom is 0.00235 e. The van der Waals surface area contributed by atoms with Gasteiger partial charge >= 0.3 is 0 Å². The van der Waals surface area contributed by atoms with Crippen molar-refractivity contribution >= 4 is 0 Å². The molecule has 0 spiro atoms. The Morgan fingerprint density at radius 2 is 2.07 bits per heavy atom. The van der Waals surface area contributed by atoms with Gasteiger partial charge in [-0.05, 0) is 36.9 Å². The van der Waals surface area contributed by atoms with Crippen LogP contribution in [0.2, 0.25) is 0 Å². The van der Waals surface area contributed by atoms with E-state index >= 15 is 0 Å². The molecule has 1 heteroatoms. The fraction of sp³-hybridized carbons (Fsp3) is 0.571. The Labute approximate surface area is 92.9 Å². The first-order chi connectivity index (χ1) is 7.33. The van der Waals surface area contributed by atoms with Gasteiger partial charge in [-0.25, -0.2) is 0 Å². The Hall–Kier alpha value is -0.820. The quantitative estimate of drug-likeness (QED) is 0.796. The van der Waals surface area contributed by atoms with Gasteiger partial charge in [0.1, 0.15) is 0 Å². The van der Waals surface area contributed by atoms with Crippen LogP contribution < -0.4 is 5.32 Å². The summed E-state index contributed by atoms with van der Waals surface area (Å²) in [6.07, 6.45) is 2.65. The molecule has 1 aromatic carbocycles. The lowest BCUT2D eigenvalue weighted by molar-refractivity contribution is 0.472. The van der Waals surface area contributed by atoms with Crippen molar-refractivity contribution in [2.75, 3.05) is 13.1 Å². The van der Waals surface area contributed by atoms with Crippen molar-refractivity contribution in [2.45, 2.75) is 32.6 Å². The molecular weight excluding hydrogens is 182 g/mol. The van der Waals surface area contributed by atoms with Gasteiger partial charge in [-0.3, -0.25) is 0 Å². The number of hydrogen-bond donors (Lipinski definition) is 1. The van der Waals surface area contributed by atoms with Crippen molar-refractivity contribution in [3.8, 4) is 0 Å². The second-order valence-corrected chi connectivity index (χ2v) is 4.67. The predicted molar refractivity (Wildman–Crippen MR) is 65.2 cm³/mol. The molecule has 1 nitrogen and oxygen atoms in total. The maximum absolute atomic E-state index is 3.53. The van der Waals surface area contributed by atoms with Crippen LogP contribution in [0.5, 0.6) is 0 Å². The Balaban J connectivity index is 2.19. The topological polar surface area (TPSA) is 12.0 Å². The van der Waals surface area contributed by atoms with Crippen LogP contribution in [0.25, 0.3) is 0 Å². The zero-order chi connectivity index (χ0) is 10.7. The lowest BCUT2D eigenvalue weighted by Gasteiger charge is -2.20. The number of aryl methyl sites for hydroxylation is 1. The van der Waals surface area contributed by atoms with Crippen LogP contribution in [0.4, 0.5) is 0 Å². The van der Waals surface area contributed by atoms with Gasteiger partial charge in [0, 0.05) is 12.5 Å². The average molecular weight is 203 g/mol. The highest BCUT2D eigenvalue weighted by Gasteiger charge is 2.28. The highest BCUT2D eigenvalue weighted by Crippen LogP contribution is 2.32. The summed E-state index contributed by atoms with van der Waals surface area (Å²) in [6.45, 7) is 6.88. The Morgan fingerprint density at radius 1 is 1.27 bits per heavy atom. The van der Waals surface area contributed by atoms with Crippen molar-refractivity contribution < 1.29 is 0 Å². The minimum atomic E-state index is 0.742. The summed E-state index contributed by atoms with van der Waals surface area (Å²) in [6, 6.07) is 8.84. The number of rotatable bonds is 3. The molecular formula is C14H21N. The smallest absolute Gasteiger partial charge is 0.00235 e. The van der Waals surface area contributed by atoms with Crippen molar-refractivity contribution in [1.82, 2.24) is 5.32 Å². The summed E-state index contributed by atoms with van der Waals surface area (Å²) in [7, 11) is 0. The zero-order valence-electron chi connectivity index (χ0n) is 9.79. The summed E-state index contributed by atoms with van der Waals surface area (Å²) in [5, 5.41) is 3.53. The summed E-state index contributed by atoms with van der Waals surface area (Å²) in [5.41, 5.74) is 3.01. The third kappa shape index (κ3) is 2.23. The van der Waals surface area contributed by atoms with E-state index in [4.69, 9.17) is 0 Å². The van der Waals surface area contributed by atoms with Gasteiger partial charge in [0.2, 0.25) is 0 Å². The van der Waals surface area contributed by atoms with Gasteiger partial charge in [-0.15, -0.1) is 0 Å². The first kappa shape index (κ1) is 10.7.